The zero-order valence-corrected chi connectivity index (χ0v) is 14.0. The van der Waals surface area contributed by atoms with E-state index in [1.807, 2.05) is 23.1 Å². The van der Waals surface area contributed by atoms with E-state index in [1.165, 1.54) is 0 Å². The first-order chi connectivity index (χ1) is 11.7. The van der Waals surface area contributed by atoms with Crippen molar-refractivity contribution >= 4 is 5.91 Å². The van der Waals surface area contributed by atoms with Crippen molar-refractivity contribution in [2.24, 2.45) is 0 Å². The van der Waals surface area contributed by atoms with Crippen molar-refractivity contribution in [2.45, 2.75) is 25.8 Å². The summed E-state index contributed by atoms with van der Waals surface area (Å²) in [5.41, 5.74) is 3.09. The normalized spacial score (nSPS) is 13.3. The Kier molecular flexibility index (Phi) is 4.93. The van der Waals surface area contributed by atoms with Crippen molar-refractivity contribution in [2.75, 3.05) is 20.8 Å². The second kappa shape index (κ2) is 7.29. The molecule has 1 aromatic carbocycles. The molecule has 6 heteroatoms. The van der Waals surface area contributed by atoms with E-state index in [4.69, 9.17) is 9.47 Å². The van der Waals surface area contributed by atoms with Gasteiger partial charge in [0.15, 0.2) is 0 Å². The number of rotatable bonds is 5. The summed E-state index contributed by atoms with van der Waals surface area (Å²) >= 11 is 0. The van der Waals surface area contributed by atoms with Crippen LogP contribution in [0, 0.1) is 0 Å². The fourth-order valence-corrected chi connectivity index (χ4v) is 2.94. The minimum Gasteiger partial charge on any atom is -0.497 e. The predicted molar refractivity (Wildman–Crippen MR) is 89.0 cm³/mol. The summed E-state index contributed by atoms with van der Waals surface area (Å²) in [6.45, 7) is 1.30. The quantitative estimate of drug-likeness (QED) is 0.840. The maximum absolute atomic E-state index is 12.5. The average Bonchev–Trinajstić information content (AvgIpc) is 2.65. The fourth-order valence-electron chi connectivity index (χ4n) is 2.94. The smallest absolute Gasteiger partial charge is 0.223 e. The zero-order chi connectivity index (χ0) is 16.9. The van der Waals surface area contributed by atoms with Crippen molar-refractivity contribution in [1.29, 1.82) is 0 Å². The van der Waals surface area contributed by atoms with Crippen LogP contribution in [0.5, 0.6) is 11.5 Å². The number of ether oxygens (including phenoxy) is 2. The van der Waals surface area contributed by atoms with Gasteiger partial charge in [-0.2, -0.15) is 0 Å². The summed E-state index contributed by atoms with van der Waals surface area (Å²) in [6, 6.07) is 5.68. The Balaban J connectivity index is 1.62. The number of aryl methyl sites for hydroxylation is 1. The van der Waals surface area contributed by atoms with E-state index in [-0.39, 0.29) is 5.91 Å². The van der Waals surface area contributed by atoms with Gasteiger partial charge in [-0.15, -0.1) is 0 Å². The highest BCUT2D eigenvalue weighted by atomic mass is 16.5. The molecule has 24 heavy (non-hydrogen) atoms. The highest BCUT2D eigenvalue weighted by Gasteiger charge is 2.21. The molecule has 0 N–H and O–H groups in total. The van der Waals surface area contributed by atoms with Gasteiger partial charge in [-0.1, -0.05) is 6.07 Å². The van der Waals surface area contributed by atoms with Crippen LogP contribution in [0.4, 0.5) is 0 Å². The Labute approximate surface area is 141 Å². The van der Waals surface area contributed by atoms with Crippen LogP contribution in [0.15, 0.2) is 30.7 Å². The number of hydrogen-bond donors (Lipinski definition) is 0. The van der Waals surface area contributed by atoms with Gasteiger partial charge in [0, 0.05) is 43.8 Å². The number of amides is 1. The summed E-state index contributed by atoms with van der Waals surface area (Å²) < 4.78 is 10.6. The van der Waals surface area contributed by atoms with Gasteiger partial charge in [-0.05, 0) is 18.1 Å². The monoisotopic (exact) mass is 327 g/mol. The first-order valence-corrected chi connectivity index (χ1v) is 7.97. The third kappa shape index (κ3) is 3.48. The van der Waals surface area contributed by atoms with Gasteiger partial charge in [0.25, 0.3) is 0 Å². The number of aromatic nitrogens is 2. The lowest BCUT2D eigenvalue weighted by molar-refractivity contribution is -0.132. The number of carbonyl (C=O) groups excluding carboxylic acids is 1. The second-order valence-electron chi connectivity index (χ2n) is 5.74. The van der Waals surface area contributed by atoms with E-state index in [2.05, 4.69) is 9.97 Å². The van der Waals surface area contributed by atoms with Crippen LogP contribution in [-0.2, 0) is 24.2 Å². The summed E-state index contributed by atoms with van der Waals surface area (Å²) in [5, 5.41) is 0. The minimum atomic E-state index is 0.141. The van der Waals surface area contributed by atoms with Crippen LogP contribution in [0.1, 0.15) is 23.2 Å². The van der Waals surface area contributed by atoms with E-state index in [9.17, 15) is 4.79 Å². The molecule has 3 rings (SSSR count). The molecule has 0 saturated heterocycles. The number of methoxy groups -OCH3 is 2. The van der Waals surface area contributed by atoms with E-state index in [1.54, 1.807) is 26.7 Å². The van der Waals surface area contributed by atoms with Crippen molar-refractivity contribution in [1.82, 2.24) is 14.9 Å². The number of benzene rings is 1. The van der Waals surface area contributed by atoms with Crippen LogP contribution in [0.2, 0.25) is 0 Å². The summed E-state index contributed by atoms with van der Waals surface area (Å²) in [5.74, 6) is 1.64. The molecule has 1 aliphatic rings. The van der Waals surface area contributed by atoms with Gasteiger partial charge in [0.1, 0.15) is 17.8 Å². The predicted octanol–water partition coefficient (Wildman–Crippen LogP) is 2.01. The highest BCUT2D eigenvalue weighted by Crippen LogP contribution is 2.26. The molecule has 0 atom stereocenters. The summed E-state index contributed by atoms with van der Waals surface area (Å²) in [6.07, 6.45) is 5.24. The lowest BCUT2D eigenvalue weighted by Crippen LogP contribution is -2.36. The average molecular weight is 327 g/mol. The third-order valence-electron chi connectivity index (χ3n) is 4.32. The van der Waals surface area contributed by atoms with E-state index in [0.717, 1.165) is 34.7 Å². The van der Waals surface area contributed by atoms with Crippen LogP contribution in [-0.4, -0.2) is 41.5 Å². The van der Waals surface area contributed by atoms with Crippen LogP contribution < -0.4 is 9.47 Å². The molecule has 1 aliphatic heterocycles. The van der Waals surface area contributed by atoms with E-state index >= 15 is 0 Å². The van der Waals surface area contributed by atoms with Crippen molar-refractivity contribution < 1.29 is 14.3 Å². The van der Waals surface area contributed by atoms with Gasteiger partial charge >= 0.3 is 0 Å². The summed E-state index contributed by atoms with van der Waals surface area (Å²) in [4.78, 5) is 22.7. The van der Waals surface area contributed by atoms with Gasteiger partial charge < -0.3 is 14.4 Å². The Morgan fingerprint density at radius 1 is 1.29 bits per heavy atom. The molecule has 0 spiro atoms. The molecule has 126 valence electrons. The molecule has 6 nitrogen and oxygen atoms in total. The Morgan fingerprint density at radius 3 is 2.96 bits per heavy atom. The van der Waals surface area contributed by atoms with Crippen LogP contribution in [0.3, 0.4) is 0 Å². The topological polar surface area (TPSA) is 64.5 Å². The van der Waals surface area contributed by atoms with Gasteiger partial charge in [-0.3, -0.25) is 4.79 Å². The molecule has 2 aromatic rings. The van der Waals surface area contributed by atoms with Gasteiger partial charge in [0.2, 0.25) is 5.91 Å². The van der Waals surface area contributed by atoms with Crippen molar-refractivity contribution in [3.63, 3.8) is 0 Å². The van der Waals surface area contributed by atoms with E-state index in [0.29, 0.717) is 25.9 Å². The molecular formula is C18H21N3O3. The first-order valence-electron chi connectivity index (χ1n) is 7.97. The number of carbonyl (C=O) groups is 1. The molecule has 0 unspecified atom stereocenters. The number of hydrogen-bond acceptors (Lipinski definition) is 5. The van der Waals surface area contributed by atoms with Crippen molar-refractivity contribution in [3.8, 4) is 11.5 Å². The zero-order valence-electron chi connectivity index (χ0n) is 14.0. The Bertz CT molecular complexity index is 733. The summed E-state index contributed by atoms with van der Waals surface area (Å²) in [7, 11) is 3.25. The highest BCUT2D eigenvalue weighted by molar-refractivity contribution is 5.76. The number of fused-ring (bicyclic) bond motifs is 1. The molecule has 0 saturated carbocycles. The van der Waals surface area contributed by atoms with Gasteiger partial charge in [0.05, 0.1) is 19.9 Å². The molecule has 1 amide bonds. The lowest BCUT2D eigenvalue weighted by atomic mass is 10.0. The standard InChI is InChI=1S/C18H21N3O3/c1-23-15-5-3-13(17(9-15)24-2)4-6-18(22)21-8-7-16-14(11-21)10-19-12-20-16/h3,5,9-10,12H,4,6-8,11H2,1-2H3. The molecule has 0 radical (unpaired) electrons. The SMILES string of the molecule is COc1ccc(CCC(=O)N2CCc3ncncc3C2)c(OC)c1. The molecular weight excluding hydrogens is 306 g/mol. The minimum absolute atomic E-state index is 0.141. The van der Waals surface area contributed by atoms with E-state index < -0.39 is 0 Å². The molecule has 0 aliphatic carbocycles. The molecule has 1 aromatic heterocycles. The molecule has 0 fully saturated rings. The van der Waals surface area contributed by atoms with Crippen molar-refractivity contribution in [3.05, 3.63) is 47.5 Å². The lowest BCUT2D eigenvalue weighted by Gasteiger charge is -2.28. The second-order valence-corrected chi connectivity index (χ2v) is 5.74. The largest absolute Gasteiger partial charge is 0.497 e. The Morgan fingerprint density at radius 2 is 2.17 bits per heavy atom. The molecule has 2 heterocycles. The number of nitrogens with zero attached hydrogens (tertiary/aromatic N) is 3. The molecule has 0 bridgehead atoms. The van der Waals surface area contributed by atoms with Gasteiger partial charge in [-0.25, -0.2) is 9.97 Å². The fraction of sp³-hybridized carbons (Fsp3) is 0.389. The third-order valence-corrected chi connectivity index (χ3v) is 4.32. The van der Waals surface area contributed by atoms with Crippen LogP contribution in [0.25, 0.3) is 0 Å². The first kappa shape index (κ1) is 16.2. The Hall–Kier alpha value is -2.63. The maximum atomic E-state index is 12.5. The van der Waals surface area contributed by atoms with Crippen LogP contribution >= 0.6 is 0 Å². The maximum Gasteiger partial charge on any atom is 0.223 e.